The van der Waals surface area contributed by atoms with Crippen LogP contribution in [0.5, 0.6) is 0 Å². The van der Waals surface area contributed by atoms with Gasteiger partial charge in [-0.15, -0.1) is 11.8 Å². The number of nitrogens with one attached hydrogen (secondary N) is 1. The Morgan fingerprint density at radius 3 is 2.61 bits per heavy atom. The van der Waals surface area contributed by atoms with E-state index in [1.54, 1.807) is 36.4 Å². The number of fused-ring (bicyclic) bond motifs is 1. The second kappa shape index (κ2) is 10.0. The summed E-state index contributed by atoms with van der Waals surface area (Å²) in [6, 6.07) is 11.7. The number of anilines is 2. The number of nitrogens with zero attached hydrogens (tertiary/aromatic N) is 2. The number of carbonyl (C=O) groups excluding carboxylic acids is 2. The maximum Gasteiger partial charge on any atom is 0.244 e. The molecule has 33 heavy (non-hydrogen) atoms. The zero-order valence-corrected chi connectivity index (χ0v) is 20.7. The van der Waals surface area contributed by atoms with E-state index in [9.17, 15) is 18.0 Å². The molecule has 0 spiro atoms. The summed E-state index contributed by atoms with van der Waals surface area (Å²) < 4.78 is 28.0. The highest BCUT2D eigenvalue weighted by atomic mass is 35.5. The van der Waals surface area contributed by atoms with Gasteiger partial charge in [-0.25, -0.2) is 8.42 Å². The summed E-state index contributed by atoms with van der Waals surface area (Å²) in [5, 5.41) is 3.13. The molecule has 0 unspecified atom stereocenters. The molecule has 2 aliphatic rings. The molecule has 0 aromatic heterocycles. The van der Waals surface area contributed by atoms with E-state index in [1.807, 2.05) is 6.92 Å². The van der Waals surface area contributed by atoms with Crippen LogP contribution >= 0.6 is 23.4 Å². The summed E-state index contributed by atoms with van der Waals surface area (Å²) in [5.41, 5.74) is 0.901. The summed E-state index contributed by atoms with van der Waals surface area (Å²) in [6.45, 7) is 2.69. The number of halogens is 1. The Kier molecular flexibility index (Phi) is 7.33. The maximum atomic E-state index is 13.2. The normalized spacial score (nSPS) is 19.6. The van der Waals surface area contributed by atoms with E-state index in [1.165, 1.54) is 27.0 Å². The highest BCUT2D eigenvalue weighted by molar-refractivity contribution is 8.00. The van der Waals surface area contributed by atoms with E-state index in [4.69, 9.17) is 11.6 Å². The molecule has 4 rings (SSSR count). The van der Waals surface area contributed by atoms with Crippen LogP contribution in [-0.2, 0) is 19.6 Å². The van der Waals surface area contributed by atoms with E-state index < -0.39 is 15.9 Å². The zero-order valence-electron chi connectivity index (χ0n) is 18.3. The van der Waals surface area contributed by atoms with E-state index in [-0.39, 0.29) is 29.0 Å². The molecule has 2 heterocycles. The molecule has 2 aliphatic heterocycles. The highest BCUT2D eigenvalue weighted by Gasteiger charge is 2.31. The van der Waals surface area contributed by atoms with Gasteiger partial charge in [-0.1, -0.05) is 37.1 Å². The SMILES string of the molecule is C[C@H]1CC(=O)N(CC(=O)Nc2ccccc2Cl)c2cc(S(=O)(=O)N3CCCCC3)ccc2S1. The number of thioether (sulfide) groups is 1. The van der Waals surface area contributed by atoms with Gasteiger partial charge in [0, 0.05) is 29.7 Å². The van der Waals surface area contributed by atoms with Gasteiger partial charge in [-0.3, -0.25) is 9.59 Å². The molecular formula is C23H26ClN3O4S2. The summed E-state index contributed by atoms with van der Waals surface area (Å²) in [6.07, 6.45) is 2.94. The van der Waals surface area contributed by atoms with E-state index in [0.29, 0.717) is 29.5 Å². The predicted octanol–water partition coefficient (Wildman–Crippen LogP) is 4.37. The molecule has 176 valence electrons. The average Bonchev–Trinajstić information content (AvgIpc) is 2.90. The molecule has 1 fully saturated rings. The third kappa shape index (κ3) is 5.37. The number of piperidine rings is 1. The molecule has 0 bridgehead atoms. The average molecular weight is 508 g/mol. The van der Waals surface area contributed by atoms with Gasteiger partial charge >= 0.3 is 0 Å². The number of benzene rings is 2. The third-order valence-electron chi connectivity index (χ3n) is 5.71. The second-order valence-electron chi connectivity index (χ2n) is 8.23. The predicted molar refractivity (Wildman–Crippen MR) is 131 cm³/mol. The number of hydrogen-bond acceptors (Lipinski definition) is 5. The Hall–Kier alpha value is -2.07. The quantitative estimate of drug-likeness (QED) is 0.649. The van der Waals surface area contributed by atoms with Crippen LogP contribution in [0.15, 0.2) is 52.3 Å². The van der Waals surface area contributed by atoms with Crippen molar-refractivity contribution in [3.8, 4) is 0 Å². The van der Waals surface area contributed by atoms with Crippen molar-refractivity contribution < 1.29 is 18.0 Å². The lowest BCUT2D eigenvalue weighted by molar-refractivity contribution is -0.121. The smallest absolute Gasteiger partial charge is 0.244 e. The summed E-state index contributed by atoms with van der Waals surface area (Å²) in [7, 11) is -3.68. The first kappa shape index (κ1) is 24.1. The summed E-state index contributed by atoms with van der Waals surface area (Å²) in [4.78, 5) is 28.2. The van der Waals surface area contributed by atoms with E-state index >= 15 is 0 Å². The van der Waals surface area contributed by atoms with Crippen LogP contribution in [0.3, 0.4) is 0 Å². The zero-order chi connectivity index (χ0) is 23.6. The standard InChI is InChI=1S/C23H26ClN3O4S2/c1-16-13-23(29)27(15-22(28)25-19-8-4-3-7-18(19)24)20-14-17(9-10-21(20)32-16)33(30,31)26-11-5-2-6-12-26/h3-4,7-10,14,16H,2,5-6,11-13,15H2,1H3,(H,25,28)/t16-/m0/s1. The summed E-state index contributed by atoms with van der Waals surface area (Å²) in [5.74, 6) is -0.637. The van der Waals surface area contributed by atoms with Gasteiger partial charge in [0.05, 0.1) is 21.3 Å². The molecule has 2 amide bonds. The van der Waals surface area contributed by atoms with Crippen molar-refractivity contribution in [2.24, 2.45) is 0 Å². The Morgan fingerprint density at radius 2 is 1.88 bits per heavy atom. The first-order valence-electron chi connectivity index (χ1n) is 10.9. The first-order valence-corrected chi connectivity index (χ1v) is 13.6. The van der Waals surface area contributed by atoms with Crippen LogP contribution in [0.2, 0.25) is 5.02 Å². The Bertz CT molecular complexity index is 1170. The number of amides is 2. The lowest BCUT2D eigenvalue weighted by Crippen LogP contribution is -2.39. The fourth-order valence-corrected chi connectivity index (χ4v) is 6.86. The van der Waals surface area contributed by atoms with Crippen molar-refractivity contribution >= 4 is 56.6 Å². The van der Waals surface area contributed by atoms with Crippen LogP contribution in [0, 0.1) is 0 Å². The number of para-hydroxylation sites is 1. The fourth-order valence-electron chi connectivity index (χ4n) is 4.04. The minimum atomic E-state index is -3.68. The van der Waals surface area contributed by atoms with Crippen LogP contribution in [0.25, 0.3) is 0 Å². The molecule has 1 atom stereocenters. The van der Waals surface area contributed by atoms with Crippen LogP contribution < -0.4 is 10.2 Å². The largest absolute Gasteiger partial charge is 0.323 e. The minimum Gasteiger partial charge on any atom is -0.323 e. The van der Waals surface area contributed by atoms with Gasteiger partial charge in [-0.2, -0.15) is 4.31 Å². The topological polar surface area (TPSA) is 86.8 Å². The lowest BCUT2D eigenvalue weighted by atomic mass is 10.2. The molecule has 0 saturated carbocycles. The molecular weight excluding hydrogens is 482 g/mol. The van der Waals surface area contributed by atoms with Crippen LogP contribution in [0.1, 0.15) is 32.6 Å². The van der Waals surface area contributed by atoms with Gasteiger partial charge in [0.1, 0.15) is 6.54 Å². The second-order valence-corrected chi connectivity index (χ2v) is 12.1. The number of carbonyl (C=O) groups is 2. The van der Waals surface area contributed by atoms with Crippen molar-refractivity contribution in [1.82, 2.24) is 4.31 Å². The third-order valence-corrected chi connectivity index (χ3v) is 9.11. The van der Waals surface area contributed by atoms with Crippen molar-refractivity contribution in [1.29, 1.82) is 0 Å². The van der Waals surface area contributed by atoms with Crippen molar-refractivity contribution in [3.63, 3.8) is 0 Å². The Labute approximate surface area is 203 Å². The van der Waals surface area contributed by atoms with Gasteiger partial charge in [0.15, 0.2) is 0 Å². The van der Waals surface area contributed by atoms with Crippen molar-refractivity contribution in [2.75, 3.05) is 29.9 Å². The Balaban J connectivity index is 1.65. The number of rotatable bonds is 5. The first-order chi connectivity index (χ1) is 15.8. The molecule has 2 aromatic carbocycles. The molecule has 0 aliphatic carbocycles. The molecule has 7 nitrogen and oxygen atoms in total. The highest BCUT2D eigenvalue weighted by Crippen LogP contribution is 2.40. The minimum absolute atomic E-state index is 0.00238. The lowest BCUT2D eigenvalue weighted by Gasteiger charge is -2.27. The van der Waals surface area contributed by atoms with Gasteiger partial charge < -0.3 is 10.2 Å². The molecule has 1 N–H and O–H groups in total. The molecule has 10 heteroatoms. The fraction of sp³-hybridized carbons (Fsp3) is 0.391. The van der Waals surface area contributed by atoms with Crippen LogP contribution in [-0.4, -0.2) is 49.4 Å². The molecule has 0 radical (unpaired) electrons. The molecule has 1 saturated heterocycles. The summed E-state index contributed by atoms with van der Waals surface area (Å²) >= 11 is 7.65. The van der Waals surface area contributed by atoms with Gasteiger partial charge in [-0.05, 0) is 43.2 Å². The maximum absolute atomic E-state index is 13.2. The monoisotopic (exact) mass is 507 g/mol. The van der Waals surface area contributed by atoms with Gasteiger partial charge in [0.2, 0.25) is 21.8 Å². The number of sulfonamides is 1. The van der Waals surface area contributed by atoms with E-state index in [0.717, 1.165) is 24.2 Å². The number of hydrogen-bond donors (Lipinski definition) is 1. The van der Waals surface area contributed by atoms with Crippen LogP contribution in [0.4, 0.5) is 11.4 Å². The molecule has 2 aromatic rings. The van der Waals surface area contributed by atoms with Crippen molar-refractivity contribution in [3.05, 3.63) is 47.5 Å². The van der Waals surface area contributed by atoms with Gasteiger partial charge in [0.25, 0.3) is 0 Å². The Morgan fingerprint density at radius 1 is 1.15 bits per heavy atom. The van der Waals surface area contributed by atoms with E-state index in [2.05, 4.69) is 5.32 Å². The van der Waals surface area contributed by atoms with Crippen molar-refractivity contribution in [2.45, 2.75) is 47.6 Å².